The monoisotopic (exact) mass is 421 g/mol. The van der Waals surface area contributed by atoms with Gasteiger partial charge in [-0.25, -0.2) is 17.5 Å². The van der Waals surface area contributed by atoms with Gasteiger partial charge in [0.25, 0.3) is 0 Å². The Morgan fingerprint density at radius 3 is 2.87 bits per heavy atom. The van der Waals surface area contributed by atoms with E-state index in [1.807, 2.05) is 0 Å². The molecule has 1 aromatic heterocycles. The molecule has 2 N–H and O–H groups in total. The largest absolute Gasteiger partial charge is 0.493 e. The maximum Gasteiger partial charge on any atom is 0.250 e. The van der Waals surface area contributed by atoms with Crippen LogP contribution in [0.15, 0.2) is 38.3 Å². The lowest BCUT2D eigenvalue weighted by Gasteiger charge is -2.34. The van der Waals surface area contributed by atoms with Crippen molar-refractivity contribution in [1.29, 1.82) is 0 Å². The topological polar surface area (TPSA) is 75.6 Å². The highest BCUT2D eigenvalue weighted by Gasteiger charge is 2.37. The number of nitrogens with one attached hydrogen (secondary N) is 1. The van der Waals surface area contributed by atoms with Crippen LogP contribution in [0, 0.1) is 5.82 Å². The molecule has 2 heterocycles. The number of hydrogen-bond acceptors (Lipinski definition) is 5. The van der Waals surface area contributed by atoms with Crippen molar-refractivity contribution in [3.8, 4) is 5.75 Å². The fourth-order valence-electron chi connectivity index (χ4n) is 2.38. The zero-order valence-corrected chi connectivity index (χ0v) is 15.0. The van der Waals surface area contributed by atoms with Crippen LogP contribution in [0.1, 0.15) is 12.0 Å². The predicted molar refractivity (Wildman–Crippen MR) is 87.6 cm³/mol. The van der Waals surface area contributed by atoms with E-state index >= 15 is 0 Å². The molecule has 0 saturated carbocycles. The first kappa shape index (κ1) is 16.8. The summed E-state index contributed by atoms with van der Waals surface area (Å²) in [6, 6.07) is 6.93. The van der Waals surface area contributed by atoms with E-state index in [0.29, 0.717) is 9.35 Å². The lowest BCUT2D eigenvalue weighted by molar-refractivity contribution is 0.00203. The molecule has 23 heavy (non-hydrogen) atoms. The van der Waals surface area contributed by atoms with E-state index in [2.05, 4.69) is 20.7 Å². The van der Waals surface area contributed by atoms with Gasteiger partial charge in [-0.2, -0.15) is 0 Å². The highest BCUT2D eigenvalue weighted by atomic mass is 79.9. The summed E-state index contributed by atoms with van der Waals surface area (Å²) in [7, 11) is -3.72. The van der Waals surface area contributed by atoms with Crippen LogP contribution >= 0.6 is 27.3 Å². The SMILES string of the molecule is O=S(=O)(NCC1(O)CCOc2cc(F)ccc21)c1ccc(Br)s1. The third-order valence-electron chi connectivity index (χ3n) is 3.59. The molecule has 5 nitrogen and oxygen atoms in total. The van der Waals surface area contributed by atoms with Crippen molar-refractivity contribution in [1.82, 2.24) is 4.72 Å². The summed E-state index contributed by atoms with van der Waals surface area (Å²) in [4.78, 5) is 0. The smallest absolute Gasteiger partial charge is 0.250 e. The fourth-order valence-corrected chi connectivity index (χ4v) is 5.52. The molecule has 0 bridgehead atoms. The fraction of sp³-hybridized carbons (Fsp3) is 0.286. The molecule has 3 rings (SSSR count). The third kappa shape index (κ3) is 3.43. The Balaban J connectivity index is 1.83. The lowest BCUT2D eigenvalue weighted by Crippen LogP contribution is -2.43. The van der Waals surface area contributed by atoms with Crippen molar-refractivity contribution >= 4 is 37.3 Å². The summed E-state index contributed by atoms with van der Waals surface area (Å²) in [5.41, 5.74) is -1.07. The number of ether oxygens (including phenoxy) is 1. The van der Waals surface area contributed by atoms with Gasteiger partial charge in [-0.1, -0.05) is 0 Å². The number of sulfonamides is 1. The number of halogens is 2. The summed E-state index contributed by atoms with van der Waals surface area (Å²) < 4.78 is 46.4. The lowest BCUT2D eigenvalue weighted by atomic mass is 9.88. The van der Waals surface area contributed by atoms with E-state index in [4.69, 9.17) is 4.74 Å². The Labute approximate surface area is 145 Å². The second-order valence-corrected chi connectivity index (χ2v) is 9.61. The molecule has 1 aromatic carbocycles. The molecule has 0 fully saturated rings. The molecule has 124 valence electrons. The van der Waals surface area contributed by atoms with Crippen molar-refractivity contribution in [3.05, 3.63) is 45.5 Å². The first-order valence-corrected chi connectivity index (χ1v) is 9.80. The molecule has 2 aromatic rings. The van der Waals surface area contributed by atoms with Gasteiger partial charge in [0.1, 0.15) is 21.4 Å². The van der Waals surface area contributed by atoms with E-state index in [0.717, 1.165) is 11.3 Å². The van der Waals surface area contributed by atoms with Crippen LogP contribution < -0.4 is 9.46 Å². The molecular weight excluding hydrogens is 409 g/mol. The van der Waals surface area contributed by atoms with Crippen molar-refractivity contribution in [3.63, 3.8) is 0 Å². The minimum atomic E-state index is -3.72. The summed E-state index contributed by atoms with van der Waals surface area (Å²) in [5, 5.41) is 10.8. The molecule has 1 atom stereocenters. The Morgan fingerprint density at radius 1 is 1.39 bits per heavy atom. The average Bonchev–Trinajstić information content (AvgIpc) is 2.93. The molecular formula is C14H13BrFNO4S2. The first-order valence-electron chi connectivity index (χ1n) is 6.70. The standard InChI is InChI=1S/C14H13BrFNO4S2/c15-12-3-4-13(22-12)23(19,20)17-8-14(18)5-6-21-11-7-9(16)1-2-10(11)14/h1-4,7,17-18H,5-6,8H2. The minimum absolute atomic E-state index is 0.152. The molecule has 9 heteroatoms. The summed E-state index contributed by atoms with van der Waals surface area (Å²) >= 11 is 4.29. The molecule has 0 aliphatic carbocycles. The normalized spacial score (nSPS) is 20.8. The quantitative estimate of drug-likeness (QED) is 0.795. The summed E-state index contributed by atoms with van der Waals surface area (Å²) in [5.74, 6) is -0.242. The van der Waals surface area contributed by atoms with E-state index in [-0.39, 0.29) is 29.5 Å². The maximum atomic E-state index is 13.3. The van der Waals surface area contributed by atoms with Gasteiger partial charge < -0.3 is 9.84 Å². The van der Waals surface area contributed by atoms with Crippen LogP contribution in [0.3, 0.4) is 0 Å². The van der Waals surface area contributed by atoms with Gasteiger partial charge >= 0.3 is 0 Å². The number of benzene rings is 1. The molecule has 1 aliphatic heterocycles. The van der Waals surface area contributed by atoms with E-state index in [9.17, 15) is 17.9 Å². The average molecular weight is 422 g/mol. The van der Waals surface area contributed by atoms with Crippen molar-refractivity contribution in [2.45, 2.75) is 16.2 Å². The van der Waals surface area contributed by atoms with Gasteiger partial charge in [0.15, 0.2) is 0 Å². The third-order valence-corrected chi connectivity index (χ3v) is 7.10. The van der Waals surface area contributed by atoms with Crippen LogP contribution in [0.25, 0.3) is 0 Å². The van der Waals surface area contributed by atoms with Crippen LogP contribution in [-0.2, 0) is 15.6 Å². The van der Waals surface area contributed by atoms with Crippen LogP contribution in [0.5, 0.6) is 5.75 Å². The van der Waals surface area contributed by atoms with Crippen LogP contribution in [0.2, 0.25) is 0 Å². The highest BCUT2D eigenvalue weighted by Crippen LogP contribution is 2.37. The van der Waals surface area contributed by atoms with E-state index < -0.39 is 21.4 Å². The van der Waals surface area contributed by atoms with E-state index in [1.54, 1.807) is 6.07 Å². The summed E-state index contributed by atoms with van der Waals surface area (Å²) in [6.07, 6.45) is 0.211. The Kier molecular flexibility index (Phi) is 4.49. The number of hydrogen-bond donors (Lipinski definition) is 2. The van der Waals surface area contributed by atoms with Gasteiger partial charge in [0.05, 0.1) is 10.4 Å². The maximum absolute atomic E-state index is 13.3. The zero-order valence-electron chi connectivity index (χ0n) is 11.8. The van der Waals surface area contributed by atoms with Crippen LogP contribution in [0.4, 0.5) is 4.39 Å². The number of aliphatic hydroxyl groups is 1. The van der Waals surface area contributed by atoms with Crippen molar-refractivity contribution < 1.29 is 22.7 Å². The molecule has 0 spiro atoms. The molecule has 1 aliphatic rings. The Bertz CT molecular complexity index is 839. The molecule has 0 saturated heterocycles. The van der Waals surface area contributed by atoms with Crippen molar-refractivity contribution in [2.24, 2.45) is 0 Å². The molecule has 1 unspecified atom stereocenters. The minimum Gasteiger partial charge on any atom is -0.493 e. The second-order valence-electron chi connectivity index (χ2n) is 5.15. The molecule has 0 radical (unpaired) electrons. The highest BCUT2D eigenvalue weighted by molar-refractivity contribution is 9.11. The van der Waals surface area contributed by atoms with Gasteiger partial charge in [-0.05, 0) is 40.2 Å². The summed E-state index contributed by atoms with van der Waals surface area (Å²) in [6.45, 7) is -0.0356. The Hall–Kier alpha value is -1.000. The zero-order chi connectivity index (χ0) is 16.7. The van der Waals surface area contributed by atoms with Gasteiger partial charge in [-0.3, -0.25) is 0 Å². The second kappa shape index (κ2) is 6.14. The number of thiophene rings is 1. The van der Waals surface area contributed by atoms with Gasteiger partial charge in [-0.15, -0.1) is 11.3 Å². The first-order chi connectivity index (χ1) is 10.8. The molecule has 0 amide bonds. The van der Waals surface area contributed by atoms with Crippen LogP contribution in [-0.4, -0.2) is 26.7 Å². The predicted octanol–water partition coefficient (Wildman–Crippen LogP) is 2.60. The van der Waals surface area contributed by atoms with Gasteiger partial charge in [0.2, 0.25) is 10.0 Å². The Morgan fingerprint density at radius 2 is 2.17 bits per heavy atom. The van der Waals surface area contributed by atoms with Crippen molar-refractivity contribution in [2.75, 3.05) is 13.2 Å². The van der Waals surface area contributed by atoms with E-state index in [1.165, 1.54) is 24.3 Å². The number of rotatable bonds is 4. The van der Waals surface area contributed by atoms with Gasteiger partial charge in [0, 0.05) is 24.6 Å². The number of fused-ring (bicyclic) bond motifs is 1.